The summed E-state index contributed by atoms with van der Waals surface area (Å²) < 4.78 is 0. The molecule has 0 unspecified atom stereocenters. The van der Waals surface area contributed by atoms with Gasteiger partial charge in [-0.15, -0.1) is 0 Å². The summed E-state index contributed by atoms with van der Waals surface area (Å²) in [7, 11) is 0. The summed E-state index contributed by atoms with van der Waals surface area (Å²) in [4.78, 5) is 26.8. The molecule has 0 radical (unpaired) electrons. The quantitative estimate of drug-likeness (QED) is 0.924. The third-order valence-electron chi connectivity index (χ3n) is 5.00. The first-order valence-electron chi connectivity index (χ1n) is 8.61. The molecule has 3 rings (SSSR count). The molecule has 1 aliphatic heterocycles. The third-order valence-corrected chi connectivity index (χ3v) is 5.00. The zero-order valence-corrected chi connectivity index (χ0v) is 15.2. The summed E-state index contributed by atoms with van der Waals surface area (Å²) >= 11 is 0. The Bertz CT molecular complexity index is 842. The van der Waals surface area contributed by atoms with E-state index < -0.39 is 0 Å². The van der Waals surface area contributed by atoms with Gasteiger partial charge in [0.05, 0.1) is 5.92 Å². The lowest BCUT2D eigenvalue weighted by molar-refractivity contribution is -0.122. The van der Waals surface area contributed by atoms with Crippen molar-refractivity contribution in [1.29, 1.82) is 0 Å². The summed E-state index contributed by atoms with van der Waals surface area (Å²) in [6, 6.07) is 11.9. The Morgan fingerprint density at radius 3 is 2.56 bits per heavy atom. The first-order chi connectivity index (χ1) is 11.9. The molecule has 0 aromatic heterocycles. The molecular formula is C21H24N2O2. The molecule has 2 aromatic rings. The van der Waals surface area contributed by atoms with E-state index in [4.69, 9.17) is 0 Å². The standard InChI is InChI=1S/C21H24N2O2/c1-13-8-9-19(15(3)10-13)23-12-17(11-20(23)24)21(25)22-18-7-5-6-14(2)16(18)4/h5-10,17H,11-12H2,1-4H3,(H,22,25)/t17-/m1/s1. The van der Waals surface area contributed by atoms with E-state index in [1.54, 1.807) is 4.90 Å². The summed E-state index contributed by atoms with van der Waals surface area (Å²) in [5.41, 5.74) is 6.14. The van der Waals surface area contributed by atoms with Crippen LogP contribution in [0, 0.1) is 33.6 Å². The summed E-state index contributed by atoms with van der Waals surface area (Å²) in [5.74, 6) is -0.407. The van der Waals surface area contributed by atoms with Crippen molar-refractivity contribution in [3.8, 4) is 0 Å². The first kappa shape index (κ1) is 17.2. The van der Waals surface area contributed by atoms with Crippen LogP contribution in [0.25, 0.3) is 0 Å². The normalized spacial score (nSPS) is 17.0. The monoisotopic (exact) mass is 336 g/mol. The highest BCUT2D eigenvalue weighted by molar-refractivity contribution is 6.04. The molecule has 1 saturated heterocycles. The zero-order chi connectivity index (χ0) is 18.1. The van der Waals surface area contributed by atoms with Crippen LogP contribution in [0.3, 0.4) is 0 Å². The van der Waals surface area contributed by atoms with Crippen molar-refractivity contribution in [3.05, 3.63) is 58.7 Å². The van der Waals surface area contributed by atoms with E-state index in [1.807, 2.05) is 58.0 Å². The van der Waals surface area contributed by atoms with E-state index in [1.165, 1.54) is 0 Å². The van der Waals surface area contributed by atoms with E-state index in [9.17, 15) is 9.59 Å². The second kappa shape index (κ2) is 6.71. The van der Waals surface area contributed by atoms with Crippen LogP contribution in [0.15, 0.2) is 36.4 Å². The maximum atomic E-state index is 12.6. The highest BCUT2D eigenvalue weighted by atomic mass is 16.2. The summed E-state index contributed by atoms with van der Waals surface area (Å²) in [5, 5.41) is 2.99. The SMILES string of the molecule is Cc1ccc(N2C[C@H](C(=O)Nc3cccc(C)c3C)CC2=O)c(C)c1. The Kier molecular flexibility index (Phi) is 4.62. The van der Waals surface area contributed by atoms with E-state index in [-0.39, 0.29) is 24.2 Å². The van der Waals surface area contributed by atoms with Crippen LogP contribution in [0.5, 0.6) is 0 Å². The fraction of sp³-hybridized carbons (Fsp3) is 0.333. The van der Waals surface area contributed by atoms with Crippen molar-refractivity contribution in [2.24, 2.45) is 5.92 Å². The number of hydrogen-bond acceptors (Lipinski definition) is 2. The van der Waals surface area contributed by atoms with Crippen LogP contribution in [0.1, 0.15) is 28.7 Å². The Hall–Kier alpha value is -2.62. The number of nitrogens with one attached hydrogen (secondary N) is 1. The van der Waals surface area contributed by atoms with Gasteiger partial charge in [0.25, 0.3) is 0 Å². The molecule has 0 aliphatic carbocycles. The maximum absolute atomic E-state index is 12.6. The Balaban J connectivity index is 1.75. The van der Waals surface area contributed by atoms with Gasteiger partial charge >= 0.3 is 0 Å². The highest BCUT2D eigenvalue weighted by Gasteiger charge is 2.35. The van der Waals surface area contributed by atoms with Gasteiger partial charge in [0.1, 0.15) is 0 Å². The Morgan fingerprint density at radius 2 is 1.84 bits per heavy atom. The van der Waals surface area contributed by atoms with Gasteiger partial charge in [-0.25, -0.2) is 0 Å². The lowest BCUT2D eigenvalue weighted by Crippen LogP contribution is -2.28. The van der Waals surface area contributed by atoms with Gasteiger partial charge < -0.3 is 10.2 Å². The molecule has 1 fully saturated rings. The molecule has 1 N–H and O–H groups in total. The summed E-state index contributed by atoms with van der Waals surface area (Å²) in [6.07, 6.45) is 0.254. The molecule has 2 amide bonds. The van der Waals surface area contributed by atoms with E-state index in [0.29, 0.717) is 6.54 Å². The van der Waals surface area contributed by atoms with Crippen molar-refractivity contribution < 1.29 is 9.59 Å². The Morgan fingerprint density at radius 1 is 1.08 bits per heavy atom. The predicted molar refractivity (Wildman–Crippen MR) is 101 cm³/mol. The molecule has 130 valence electrons. The minimum absolute atomic E-state index is 0.00747. The maximum Gasteiger partial charge on any atom is 0.229 e. The fourth-order valence-electron chi connectivity index (χ4n) is 3.35. The smallest absolute Gasteiger partial charge is 0.229 e. The number of aryl methyl sites for hydroxylation is 3. The van der Waals surface area contributed by atoms with Gasteiger partial charge in [0.2, 0.25) is 11.8 Å². The van der Waals surface area contributed by atoms with Gasteiger partial charge in [-0.05, 0) is 56.5 Å². The van der Waals surface area contributed by atoms with Crippen LogP contribution in [0.4, 0.5) is 11.4 Å². The number of carbonyl (C=O) groups is 2. The van der Waals surface area contributed by atoms with E-state index in [0.717, 1.165) is 33.6 Å². The number of anilines is 2. The minimum atomic E-state index is -0.326. The Labute approximate surface area is 148 Å². The fourth-order valence-corrected chi connectivity index (χ4v) is 3.35. The van der Waals surface area contributed by atoms with Crippen molar-refractivity contribution in [2.75, 3.05) is 16.8 Å². The topological polar surface area (TPSA) is 49.4 Å². The number of rotatable bonds is 3. The molecule has 2 aromatic carbocycles. The zero-order valence-electron chi connectivity index (χ0n) is 15.2. The molecule has 0 bridgehead atoms. The van der Waals surface area contributed by atoms with Crippen molar-refractivity contribution in [2.45, 2.75) is 34.1 Å². The van der Waals surface area contributed by atoms with Crippen molar-refractivity contribution >= 4 is 23.2 Å². The second-order valence-corrected chi connectivity index (χ2v) is 6.93. The molecule has 0 spiro atoms. The van der Waals surface area contributed by atoms with E-state index in [2.05, 4.69) is 11.4 Å². The first-order valence-corrected chi connectivity index (χ1v) is 8.61. The summed E-state index contributed by atoms with van der Waals surface area (Å²) in [6.45, 7) is 8.47. The molecular weight excluding hydrogens is 312 g/mol. The highest BCUT2D eigenvalue weighted by Crippen LogP contribution is 2.29. The van der Waals surface area contributed by atoms with Gasteiger partial charge in [-0.2, -0.15) is 0 Å². The van der Waals surface area contributed by atoms with Crippen LogP contribution in [0.2, 0.25) is 0 Å². The van der Waals surface area contributed by atoms with E-state index >= 15 is 0 Å². The number of carbonyl (C=O) groups excluding carboxylic acids is 2. The molecule has 25 heavy (non-hydrogen) atoms. The van der Waals surface area contributed by atoms with Gasteiger partial charge in [0, 0.05) is 24.3 Å². The minimum Gasteiger partial charge on any atom is -0.326 e. The molecule has 1 aliphatic rings. The van der Waals surface area contributed by atoms with Crippen LogP contribution >= 0.6 is 0 Å². The average Bonchev–Trinajstić information content (AvgIpc) is 2.94. The van der Waals surface area contributed by atoms with Gasteiger partial charge in [0.15, 0.2) is 0 Å². The van der Waals surface area contributed by atoms with Crippen molar-refractivity contribution in [1.82, 2.24) is 0 Å². The van der Waals surface area contributed by atoms with Crippen LogP contribution < -0.4 is 10.2 Å². The van der Waals surface area contributed by atoms with Crippen LogP contribution in [-0.2, 0) is 9.59 Å². The second-order valence-electron chi connectivity index (χ2n) is 6.93. The van der Waals surface area contributed by atoms with Gasteiger partial charge in [-0.1, -0.05) is 29.8 Å². The average molecular weight is 336 g/mol. The third kappa shape index (κ3) is 3.43. The number of amides is 2. The lowest BCUT2D eigenvalue weighted by atomic mass is 10.1. The predicted octanol–water partition coefficient (Wildman–Crippen LogP) is 3.91. The number of hydrogen-bond donors (Lipinski definition) is 1. The molecule has 4 heteroatoms. The molecule has 1 heterocycles. The lowest BCUT2D eigenvalue weighted by Gasteiger charge is -2.19. The van der Waals surface area contributed by atoms with Gasteiger partial charge in [-0.3, -0.25) is 9.59 Å². The van der Waals surface area contributed by atoms with Crippen LogP contribution in [-0.4, -0.2) is 18.4 Å². The molecule has 0 saturated carbocycles. The number of benzene rings is 2. The molecule has 4 nitrogen and oxygen atoms in total. The van der Waals surface area contributed by atoms with Crippen molar-refractivity contribution in [3.63, 3.8) is 0 Å². The largest absolute Gasteiger partial charge is 0.326 e. The number of nitrogens with zero attached hydrogens (tertiary/aromatic N) is 1. The molecule has 1 atom stereocenters.